The molecule has 0 aromatic carbocycles. The fourth-order valence-corrected chi connectivity index (χ4v) is 1.74. The number of thiazole rings is 1. The van der Waals surface area contributed by atoms with Crippen LogP contribution in [0.15, 0.2) is 31.4 Å². The number of hydrogen-bond donors (Lipinski definition) is 1. The minimum Gasteiger partial charge on any atom is -0.448 e. The number of halogens is 1. The van der Waals surface area contributed by atoms with Crippen LogP contribution in [0.25, 0.3) is 11.5 Å². The summed E-state index contributed by atoms with van der Waals surface area (Å²) in [5.41, 5.74) is 0.718. The van der Waals surface area contributed by atoms with E-state index in [1.165, 1.54) is 0 Å². The van der Waals surface area contributed by atoms with Gasteiger partial charge in [0.25, 0.3) is 0 Å². The van der Waals surface area contributed by atoms with E-state index in [0.717, 1.165) is 17.0 Å². The first-order chi connectivity index (χ1) is 5.75. The van der Waals surface area contributed by atoms with Crippen LogP contribution in [-0.2, 0) is 0 Å². The van der Waals surface area contributed by atoms with Gasteiger partial charge < -0.3 is 9.40 Å². The lowest BCUT2D eigenvalue weighted by molar-refractivity contribution is 0.554. The van der Waals surface area contributed by atoms with Gasteiger partial charge in [-0.1, -0.05) is 11.3 Å². The van der Waals surface area contributed by atoms with Crippen LogP contribution in [0.3, 0.4) is 0 Å². The van der Waals surface area contributed by atoms with Crippen molar-refractivity contribution in [2.75, 3.05) is 0 Å². The van der Waals surface area contributed by atoms with Crippen LogP contribution >= 0.6 is 27.3 Å². The SMILES string of the molecule is O=c1[nH]c(-c2ccc(Br)o2)cs1. The fourth-order valence-electron chi connectivity index (χ4n) is 0.860. The molecule has 2 aromatic heterocycles. The second-order valence-electron chi connectivity index (χ2n) is 2.17. The molecule has 0 unspecified atom stereocenters. The monoisotopic (exact) mass is 245 g/mol. The highest BCUT2D eigenvalue weighted by molar-refractivity contribution is 9.10. The van der Waals surface area contributed by atoms with E-state index in [0.29, 0.717) is 10.4 Å². The van der Waals surface area contributed by atoms with E-state index in [9.17, 15) is 4.79 Å². The second-order valence-corrected chi connectivity index (χ2v) is 3.79. The summed E-state index contributed by atoms with van der Waals surface area (Å²) in [7, 11) is 0. The molecule has 2 aromatic rings. The number of H-pyrrole nitrogens is 1. The van der Waals surface area contributed by atoms with Gasteiger partial charge in [-0.15, -0.1) is 0 Å². The standard InChI is InChI=1S/C7H4BrNO2S/c8-6-2-1-5(11-6)4-3-12-7(10)9-4/h1-3H,(H,9,10). The highest BCUT2D eigenvalue weighted by Gasteiger charge is 2.04. The molecule has 0 amide bonds. The lowest BCUT2D eigenvalue weighted by Gasteiger charge is -1.86. The Morgan fingerprint density at radius 2 is 2.33 bits per heavy atom. The molecule has 12 heavy (non-hydrogen) atoms. The van der Waals surface area contributed by atoms with E-state index in [-0.39, 0.29) is 4.87 Å². The Hall–Kier alpha value is -0.810. The third-order valence-corrected chi connectivity index (χ3v) is 2.46. The molecule has 2 heterocycles. The summed E-state index contributed by atoms with van der Waals surface area (Å²) in [6, 6.07) is 3.58. The Balaban J connectivity index is 2.50. The highest BCUT2D eigenvalue weighted by atomic mass is 79.9. The zero-order valence-corrected chi connectivity index (χ0v) is 8.24. The number of furan rings is 1. The molecule has 0 saturated carbocycles. The van der Waals surface area contributed by atoms with E-state index in [4.69, 9.17) is 4.42 Å². The van der Waals surface area contributed by atoms with Gasteiger partial charge in [0.2, 0.25) is 0 Å². The Labute approximate surface area is 80.2 Å². The van der Waals surface area contributed by atoms with Gasteiger partial charge >= 0.3 is 4.87 Å². The molecule has 0 aliphatic heterocycles. The molecule has 0 bridgehead atoms. The fraction of sp³-hybridized carbons (Fsp3) is 0. The van der Waals surface area contributed by atoms with E-state index >= 15 is 0 Å². The quantitative estimate of drug-likeness (QED) is 0.839. The van der Waals surface area contributed by atoms with Crippen LogP contribution in [0.2, 0.25) is 0 Å². The van der Waals surface area contributed by atoms with Crippen LogP contribution in [0, 0.1) is 0 Å². The summed E-state index contributed by atoms with van der Waals surface area (Å²) in [5, 5.41) is 1.73. The van der Waals surface area contributed by atoms with Crippen LogP contribution in [-0.4, -0.2) is 4.98 Å². The van der Waals surface area contributed by atoms with Crippen molar-refractivity contribution in [3.8, 4) is 11.5 Å². The van der Waals surface area contributed by atoms with Gasteiger partial charge in [0.1, 0.15) is 0 Å². The molecule has 0 spiro atoms. The summed E-state index contributed by atoms with van der Waals surface area (Å²) in [4.78, 5) is 13.4. The molecule has 0 radical (unpaired) electrons. The molecule has 3 nitrogen and oxygen atoms in total. The van der Waals surface area contributed by atoms with Gasteiger partial charge in [0, 0.05) is 5.38 Å². The summed E-state index contributed by atoms with van der Waals surface area (Å²) in [5.74, 6) is 0.667. The third kappa shape index (κ3) is 1.37. The first kappa shape index (κ1) is 7.82. The van der Waals surface area contributed by atoms with E-state index < -0.39 is 0 Å². The lowest BCUT2D eigenvalue weighted by Crippen LogP contribution is -1.91. The van der Waals surface area contributed by atoms with E-state index in [1.807, 2.05) is 0 Å². The van der Waals surface area contributed by atoms with Crippen LogP contribution < -0.4 is 4.87 Å². The Kier molecular flexibility index (Phi) is 1.90. The number of aromatic amines is 1. The molecule has 5 heteroatoms. The minimum absolute atomic E-state index is 0.0717. The highest BCUT2D eigenvalue weighted by Crippen LogP contribution is 2.23. The van der Waals surface area contributed by atoms with Crippen molar-refractivity contribution in [3.05, 3.63) is 31.8 Å². The Morgan fingerprint density at radius 3 is 2.83 bits per heavy atom. The third-order valence-electron chi connectivity index (χ3n) is 1.36. The molecule has 0 aliphatic rings. The van der Waals surface area contributed by atoms with Crippen molar-refractivity contribution >= 4 is 27.3 Å². The van der Waals surface area contributed by atoms with Crippen molar-refractivity contribution in [2.24, 2.45) is 0 Å². The smallest absolute Gasteiger partial charge is 0.305 e. The van der Waals surface area contributed by atoms with Gasteiger partial charge in [0.15, 0.2) is 10.4 Å². The first-order valence-electron chi connectivity index (χ1n) is 3.19. The molecule has 2 rings (SSSR count). The van der Waals surface area contributed by atoms with Crippen molar-refractivity contribution in [1.29, 1.82) is 0 Å². The van der Waals surface area contributed by atoms with Crippen molar-refractivity contribution in [3.63, 3.8) is 0 Å². The normalized spacial score (nSPS) is 10.4. The molecule has 62 valence electrons. The molecule has 0 fully saturated rings. The van der Waals surface area contributed by atoms with Gasteiger partial charge in [0.05, 0.1) is 5.69 Å². The average molecular weight is 246 g/mol. The van der Waals surface area contributed by atoms with Crippen LogP contribution in [0.5, 0.6) is 0 Å². The molecule has 0 atom stereocenters. The largest absolute Gasteiger partial charge is 0.448 e. The maximum Gasteiger partial charge on any atom is 0.305 e. The Bertz CT molecular complexity index is 442. The lowest BCUT2D eigenvalue weighted by atomic mass is 10.4. The first-order valence-corrected chi connectivity index (χ1v) is 4.86. The molecular weight excluding hydrogens is 242 g/mol. The summed E-state index contributed by atoms with van der Waals surface area (Å²) in [6.07, 6.45) is 0. The number of nitrogens with one attached hydrogen (secondary N) is 1. The maximum absolute atomic E-state index is 10.8. The summed E-state index contributed by atoms with van der Waals surface area (Å²) < 4.78 is 5.89. The van der Waals surface area contributed by atoms with E-state index in [2.05, 4.69) is 20.9 Å². The zero-order valence-electron chi connectivity index (χ0n) is 5.83. The van der Waals surface area contributed by atoms with Gasteiger partial charge in [-0.05, 0) is 28.1 Å². The van der Waals surface area contributed by atoms with Gasteiger partial charge in [-0.25, -0.2) is 0 Å². The summed E-state index contributed by atoms with van der Waals surface area (Å²) in [6.45, 7) is 0. The molecule has 0 aliphatic carbocycles. The van der Waals surface area contributed by atoms with Gasteiger partial charge in [-0.2, -0.15) is 0 Å². The Morgan fingerprint density at radius 1 is 1.50 bits per heavy atom. The van der Waals surface area contributed by atoms with Crippen LogP contribution in [0.1, 0.15) is 0 Å². The predicted octanol–water partition coefficient (Wildman–Crippen LogP) is 2.46. The topological polar surface area (TPSA) is 46.0 Å². The van der Waals surface area contributed by atoms with Crippen molar-refractivity contribution in [1.82, 2.24) is 4.98 Å². The molecule has 0 saturated heterocycles. The molecule has 1 N–H and O–H groups in total. The zero-order chi connectivity index (χ0) is 8.55. The second kappa shape index (κ2) is 2.91. The van der Waals surface area contributed by atoms with Crippen molar-refractivity contribution < 1.29 is 4.42 Å². The number of rotatable bonds is 1. The average Bonchev–Trinajstić information content (AvgIpc) is 2.58. The maximum atomic E-state index is 10.8. The van der Waals surface area contributed by atoms with Crippen molar-refractivity contribution in [2.45, 2.75) is 0 Å². The van der Waals surface area contributed by atoms with Gasteiger partial charge in [-0.3, -0.25) is 4.79 Å². The van der Waals surface area contributed by atoms with Crippen LogP contribution in [0.4, 0.5) is 0 Å². The minimum atomic E-state index is -0.0717. The molecular formula is C7H4BrNO2S. The summed E-state index contributed by atoms with van der Waals surface area (Å²) >= 11 is 4.30. The van der Waals surface area contributed by atoms with E-state index in [1.54, 1.807) is 17.5 Å². The number of aromatic nitrogens is 1. The number of hydrogen-bond acceptors (Lipinski definition) is 3. The predicted molar refractivity (Wildman–Crippen MR) is 50.3 cm³/mol.